The summed E-state index contributed by atoms with van der Waals surface area (Å²) in [7, 11) is 0. The van der Waals surface area contributed by atoms with Gasteiger partial charge in [0.1, 0.15) is 0 Å². The van der Waals surface area contributed by atoms with Crippen molar-refractivity contribution in [3.8, 4) is 0 Å². The fourth-order valence-corrected chi connectivity index (χ4v) is 2.64. The third-order valence-electron chi connectivity index (χ3n) is 3.63. The molecule has 1 atom stereocenters. The summed E-state index contributed by atoms with van der Waals surface area (Å²) < 4.78 is 38.6. The van der Waals surface area contributed by atoms with Gasteiger partial charge in [-0.1, -0.05) is 26.0 Å². The molecule has 0 fully saturated rings. The molecule has 104 valence electrons. The Morgan fingerprint density at radius 2 is 2.00 bits per heavy atom. The molecule has 0 N–H and O–H groups in total. The highest BCUT2D eigenvalue weighted by Crippen LogP contribution is 2.37. The van der Waals surface area contributed by atoms with Crippen molar-refractivity contribution in [2.24, 2.45) is 16.8 Å². The van der Waals surface area contributed by atoms with E-state index in [4.69, 9.17) is 0 Å². The van der Waals surface area contributed by atoms with Crippen molar-refractivity contribution in [3.63, 3.8) is 0 Å². The van der Waals surface area contributed by atoms with Gasteiger partial charge in [-0.25, -0.2) is 0 Å². The summed E-state index contributed by atoms with van der Waals surface area (Å²) in [4.78, 5) is 4.44. The van der Waals surface area contributed by atoms with E-state index >= 15 is 0 Å². The van der Waals surface area contributed by atoms with E-state index in [9.17, 15) is 13.2 Å². The summed E-state index contributed by atoms with van der Waals surface area (Å²) in [6, 6.07) is 0. The molecule has 0 radical (unpaired) electrons. The predicted molar refractivity (Wildman–Crippen MR) is 71.0 cm³/mol. The lowest BCUT2D eigenvalue weighted by atomic mass is 9.88. The Labute approximate surface area is 111 Å². The van der Waals surface area contributed by atoms with Gasteiger partial charge in [-0.2, -0.15) is 13.2 Å². The highest BCUT2D eigenvalue weighted by Gasteiger charge is 2.35. The molecule has 1 aliphatic heterocycles. The lowest BCUT2D eigenvalue weighted by Crippen LogP contribution is -2.17. The van der Waals surface area contributed by atoms with Crippen LogP contribution in [0.5, 0.6) is 0 Å². The van der Waals surface area contributed by atoms with Crippen LogP contribution in [-0.4, -0.2) is 11.9 Å². The molecule has 1 aliphatic carbocycles. The van der Waals surface area contributed by atoms with E-state index in [-0.39, 0.29) is 11.8 Å². The van der Waals surface area contributed by atoms with Gasteiger partial charge in [0, 0.05) is 17.3 Å². The number of hydrogen-bond acceptors (Lipinski definition) is 1. The van der Waals surface area contributed by atoms with Crippen LogP contribution in [0.3, 0.4) is 0 Å². The molecule has 1 heterocycles. The Morgan fingerprint density at radius 1 is 1.32 bits per heavy atom. The minimum absolute atomic E-state index is 0.0414. The van der Waals surface area contributed by atoms with E-state index in [1.165, 1.54) is 12.2 Å². The Balaban J connectivity index is 2.42. The van der Waals surface area contributed by atoms with E-state index < -0.39 is 11.7 Å². The molecule has 0 amide bonds. The molecule has 0 bridgehead atoms. The van der Waals surface area contributed by atoms with Crippen LogP contribution in [-0.2, 0) is 0 Å². The molecule has 0 saturated carbocycles. The molecule has 2 rings (SSSR count). The maximum absolute atomic E-state index is 12.9. The minimum atomic E-state index is -4.31. The molecular weight excluding hydrogens is 251 g/mol. The zero-order valence-electron chi connectivity index (χ0n) is 11.4. The van der Waals surface area contributed by atoms with Crippen LogP contribution in [0, 0.1) is 11.8 Å². The summed E-state index contributed by atoms with van der Waals surface area (Å²) in [6.07, 6.45) is 1.16. The average molecular weight is 269 g/mol. The van der Waals surface area contributed by atoms with E-state index in [2.05, 4.69) is 4.99 Å². The molecule has 1 unspecified atom stereocenters. The van der Waals surface area contributed by atoms with Gasteiger partial charge < -0.3 is 0 Å². The van der Waals surface area contributed by atoms with Gasteiger partial charge in [0.25, 0.3) is 0 Å². The minimum Gasteiger partial charge on any atom is -0.257 e. The maximum Gasteiger partial charge on any atom is 0.416 e. The van der Waals surface area contributed by atoms with E-state index in [1.807, 2.05) is 20.8 Å². The van der Waals surface area contributed by atoms with Crippen LogP contribution in [0.2, 0.25) is 0 Å². The zero-order chi connectivity index (χ0) is 14.2. The second-order valence-electron chi connectivity index (χ2n) is 5.39. The Bertz CT molecular complexity index is 490. The first-order valence-corrected chi connectivity index (χ1v) is 6.55. The first-order chi connectivity index (χ1) is 8.80. The van der Waals surface area contributed by atoms with Gasteiger partial charge in [0.05, 0.1) is 5.57 Å². The first kappa shape index (κ1) is 14.1. The number of halogens is 3. The van der Waals surface area contributed by atoms with Crippen molar-refractivity contribution in [3.05, 3.63) is 35.1 Å². The quantitative estimate of drug-likeness (QED) is 0.646. The topological polar surface area (TPSA) is 12.4 Å². The van der Waals surface area contributed by atoms with Crippen molar-refractivity contribution in [2.45, 2.75) is 39.8 Å². The van der Waals surface area contributed by atoms with Crippen molar-refractivity contribution < 1.29 is 13.2 Å². The summed E-state index contributed by atoms with van der Waals surface area (Å²) in [5.41, 5.74) is 2.03. The number of aliphatic imine (C=N–C) groups is 1. The zero-order valence-corrected chi connectivity index (χ0v) is 11.4. The van der Waals surface area contributed by atoms with Crippen LogP contribution in [0.4, 0.5) is 13.2 Å². The smallest absolute Gasteiger partial charge is 0.257 e. The van der Waals surface area contributed by atoms with Crippen LogP contribution in [0.15, 0.2) is 40.1 Å². The largest absolute Gasteiger partial charge is 0.416 e. The van der Waals surface area contributed by atoms with Crippen LogP contribution in [0.25, 0.3) is 0 Å². The fourth-order valence-electron chi connectivity index (χ4n) is 2.64. The summed E-state index contributed by atoms with van der Waals surface area (Å²) in [5, 5.41) is 0. The lowest BCUT2D eigenvalue weighted by Gasteiger charge is -2.16. The molecular formula is C15H18F3N. The molecule has 4 heteroatoms. The van der Waals surface area contributed by atoms with Gasteiger partial charge in [0.15, 0.2) is 0 Å². The first-order valence-electron chi connectivity index (χ1n) is 6.55. The molecule has 2 aliphatic rings. The molecule has 0 saturated heterocycles. The SMILES string of the molecule is CC1=C(C(C)C)N=C2C=C(C(F)(F)F)C=CCCC21. The third-order valence-corrected chi connectivity index (χ3v) is 3.63. The van der Waals surface area contributed by atoms with Crippen molar-refractivity contribution in [1.82, 2.24) is 0 Å². The molecule has 1 nitrogen and oxygen atoms in total. The maximum atomic E-state index is 12.9. The molecule has 0 aromatic carbocycles. The Kier molecular flexibility index (Phi) is 3.70. The van der Waals surface area contributed by atoms with E-state index in [0.29, 0.717) is 12.1 Å². The van der Waals surface area contributed by atoms with Crippen molar-refractivity contribution in [1.29, 1.82) is 0 Å². The number of fused-ring (bicyclic) bond motifs is 1. The van der Waals surface area contributed by atoms with Crippen molar-refractivity contribution >= 4 is 5.71 Å². The average Bonchev–Trinajstić information content (AvgIpc) is 2.53. The van der Waals surface area contributed by atoms with Crippen molar-refractivity contribution in [2.75, 3.05) is 0 Å². The molecule has 19 heavy (non-hydrogen) atoms. The molecule has 0 aromatic heterocycles. The number of alkyl halides is 3. The highest BCUT2D eigenvalue weighted by molar-refractivity contribution is 6.02. The van der Waals surface area contributed by atoms with Gasteiger partial charge >= 0.3 is 6.18 Å². The number of nitrogens with zero attached hydrogens (tertiary/aromatic N) is 1. The third kappa shape index (κ3) is 2.82. The normalized spacial score (nSPS) is 24.1. The van der Waals surface area contributed by atoms with Crippen LogP contribution < -0.4 is 0 Å². The highest BCUT2D eigenvalue weighted by atomic mass is 19.4. The Hall–Kier alpha value is -1.32. The Morgan fingerprint density at radius 3 is 2.58 bits per heavy atom. The second kappa shape index (κ2) is 4.99. The summed E-state index contributed by atoms with van der Waals surface area (Å²) >= 11 is 0. The molecule has 0 aromatic rings. The predicted octanol–water partition coefficient (Wildman–Crippen LogP) is 4.83. The van der Waals surface area contributed by atoms with E-state index in [0.717, 1.165) is 17.7 Å². The monoisotopic (exact) mass is 269 g/mol. The van der Waals surface area contributed by atoms with Gasteiger partial charge in [-0.05, 0) is 37.3 Å². The summed E-state index contributed by atoms with van der Waals surface area (Å²) in [5.74, 6) is 0.288. The number of hydrogen-bond donors (Lipinski definition) is 0. The van der Waals surface area contributed by atoms with Gasteiger partial charge in [-0.3, -0.25) is 4.99 Å². The van der Waals surface area contributed by atoms with Gasteiger partial charge in [0.2, 0.25) is 0 Å². The van der Waals surface area contributed by atoms with E-state index in [1.54, 1.807) is 6.08 Å². The summed E-state index contributed by atoms with van der Waals surface area (Å²) in [6.45, 7) is 6.03. The lowest BCUT2D eigenvalue weighted by molar-refractivity contribution is -0.0881. The number of allylic oxidation sites excluding steroid dienone is 6. The fraction of sp³-hybridized carbons (Fsp3) is 0.533. The number of rotatable bonds is 1. The molecule has 0 spiro atoms. The van der Waals surface area contributed by atoms with Crippen LogP contribution in [0.1, 0.15) is 33.6 Å². The van der Waals surface area contributed by atoms with Gasteiger partial charge in [-0.15, -0.1) is 0 Å². The second-order valence-corrected chi connectivity index (χ2v) is 5.39. The van der Waals surface area contributed by atoms with Crippen LogP contribution >= 0.6 is 0 Å². The standard InChI is InChI=1S/C15H18F3N/c1-9(2)14-10(3)12-7-5-4-6-11(15(16,17)18)8-13(12)19-14/h4,6,8-9,12H,5,7H2,1-3H3.